The van der Waals surface area contributed by atoms with Gasteiger partial charge in [-0.2, -0.15) is 0 Å². The highest BCUT2D eigenvalue weighted by Crippen LogP contribution is 2.40. The summed E-state index contributed by atoms with van der Waals surface area (Å²) in [6.07, 6.45) is 1.52. The maximum absolute atomic E-state index is 9.77. The molecule has 1 aromatic heterocycles. The van der Waals surface area contributed by atoms with E-state index in [1.807, 2.05) is 0 Å². The fourth-order valence-corrected chi connectivity index (χ4v) is 3.80. The van der Waals surface area contributed by atoms with E-state index in [9.17, 15) is 9.59 Å². The minimum absolute atomic E-state index is 0. The van der Waals surface area contributed by atoms with Gasteiger partial charge in [-0.3, -0.25) is 0 Å². The average Bonchev–Trinajstić information content (AvgIpc) is 3.05. The number of rotatable bonds is 3. The summed E-state index contributed by atoms with van der Waals surface area (Å²) in [6.45, 7) is 1.19. The van der Waals surface area contributed by atoms with Crippen LogP contribution < -0.4 is 5.32 Å². The Kier molecular flexibility index (Phi) is 6.55. The highest BCUT2D eigenvalue weighted by Gasteiger charge is 2.32. The van der Waals surface area contributed by atoms with E-state index in [2.05, 4.69) is 34.7 Å². The van der Waals surface area contributed by atoms with Gasteiger partial charge in [0.25, 0.3) is 0 Å². The molecule has 0 amide bonds. The maximum atomic E-state index is 9.77. The normalized spacial score (nSPS) is 22.4. The Morgan fingerprint density at radius 2 is 1.78 bits per heavy atom. The van der Waals surface area contributed by atoms with Crippen LogP contribution in [0.2, 0.25) is 0 Å². The van der Waals surface area contributed by atoms with Crippen LogP contribution in [0.1, 0.15) is 29.9 Å². The van der Waals surface area contributed by atoms with Gasteiger partial charge < -0.3 is 36.2 Å². The first-order valence-corrected chi connectivity index (χ1v) is 8.54. The number of aromatic nitrogens is 1. The van der Waals surface area contributed by atoms with Crippen molar-refractivity contribution in [2.45, 2.75) is 43.4 Å². The number of aliphatic hydroxyl groups is 2. The molecule has 2 aliphatic rings. The molecule has 2 aromatic rings. The molecular formula is C18H24N2O7. The molecule has 8 N–H and O–H groups in total. The number of aromatic amines is 1. The highest BCUT2D eigenvalue weighted by atomic mass is 16.4. The number of piperidine rings is 1. The minimum Gasteiger partial charge on any atom is -0.479 e. The molecule has 4 atom stereocenters. The van der Waals surface area contributed by atoms with E-state index < -0.39 is 24.1 Å². The molecular weight excluding hydrogens is 356 g/mol. The van der Waals surface area contributed by atoms with Crippen molar-refractivity contribution in [2.24, 2.45) is 0 Å². The number of benzene rings is 1. The number of carbonyl (C=O) groups is 2. The number of aliphatic hydroxyl groups excluding tert-OH is 2. The van der Waals surface area contributed by atoms with Gasteiger partial charge in [0.05, 0.1) is 0 Å². The van der Waals surface area contributed by atoms with Gasteiger partial charge >= 0.3 is 11.9 Å². The minimum atomic E-state index is -2.27. The lowest BCUT2D eigenvalue weighted by Gasteiger charge is -2.36. The van der Waals surface area contributed by atoms with Crippen molar-refractivity contribution in [1.82, 2.24) is 10.3 Å². The molecule has 148 valence electrons. The molecule has 9 nitrogen and oxygen atoms in total. The first-order chi connectivity index (χ1) is 12.4. The summed E-state index contributed by atoms with van der Waals surface area (Å²) in [4.78, 5) is 22.9. The van der Waals surface area contributed by atoms with Crippen molar-refractivity contribution in [1.29, 1.82) is 0 Å². The van der Waals surface area contributed by atoms with Crippen LogP contribution in [0.15, 0.2) is 24.4 Å². The van der Waals surface area contributed by atoms with Crippen molar-refractivity contribution in [3.05, 3.63) is 35.5 Å². The van der Waals surface area contributed by atoms with E-state index in [-0.39, 0.29) is 5.48 Å². The SMILES string of the molecule is O.O=C(O)C(O)C(O)C(=O)O.c1cc2c3c(c[nH]c3c1)C[C@H]1NCCC[C@H]21. The monoisotopic (exact) mass is 380 g/mol. The number of aliphatic carboxylic acids is 2. The van der Waals surface area contributed by atoms with Crippen molar-refractivity contribution >= 4 is 22.8 Å². The third-order valence-electron chi connectivity index (χ3n) is 5.05. The van der Waals surface area contributed by atoms with E-state index >= 15 is 0 Å². The summed E-state index contributed by atoms with van der Waals surface area (Å²) in [7, 11) is 0. The lowest BCUT2D eigenvalue weighted by molar-refractivity contribution is -0.165. The molecule has 2 unspecified atom stereocenters. The van der Waals surface area contributed by atoms with Crippen molar-refractivity contribution < 1.29 is 35.5 Å². The van der Waals surface area contributed by atoms with Crippen molar-refractivity contribution in [2.75, 3.05) is 6.54 Å². The number of H-pyrrole nitrogens is 1. The predicted octanol–water partition coefficient (Wildman–Crippen LogP) is -0.388. The smallest absolute Gasteiger partial charge is 0.335 e. The maximum Gasteiger partial charge on any atom is 0.335 e. The molecule has 27 heavy (non-hydrogen) atoms. The molecule has 0 radical (unpaired) electrons. The Hall–Kier alpha value is -2.46. The van der Waals surface area contributed by atoms with Crippen LogP contribution in [-0.2, 0) is 16.0 Å². The van der Waals surface area contributed by atoms with Crippen LogP contribution in [0.25, 0.3) is 10.9 Å². The number of fused-ring (bicyclic) bond motifs is 2. The van der Waals surface area contributed by atoms with E-state index in [0.29, 0.717) is 6.04 Å². The molecule has 1 aliphatic carbocycles. The van der Waals surface area contributed by atoms with Gasteiger partial charge in [-0.15, -0.1) is 0 Å². The average molecular weight is 380 g/mol. The van der Waals surface area contributed by atoms with E-state index in [0.717, 1.165) is 5.92 Å². The van der Waals surface area contributed by atoms with Crippen LogP contribution >= 0.6 is 0 Å². The van der Waals surface area contributed by atoms with E-state index in [1.165, 1.54) is 42.3 Å². The summed E-state index contributed by atoms with van der Waals surface area (Å²) >= 11 is 0. The number of hydrogen-bond donors (Lipinski definition) is 6. The van der Waals surface area contributed by atoms with Crippen LogP contribution in [0.5, 0.6) is 0 Å². The van der Waals surface area contributed by atoms with Gasteiger partial charge in [0.2, 0.25) is 0 Å². The first kappa shape index (κ1) is 20.8. The zero-order valence-electron chi connectivity index (χ0n) is 14.6. The number of carboxylic acid groups (broad SMARTS) is 2. The molecule has 1 aromatic carbocycles. The van der Waals surface area contributed by atoms with Crippen LogP contribution in [0.4, 0.5) is 0 Å². The lowest BCUT2D eigenvalue weighted by atomic mass is 9.76. The van der Waals surface area contributed by atoms with Gasteiger partial charge in [0, 0.05) is 29.1 Å². The zero-order valence-corrected chi connectivity index (χ0v) is 14.6. The lowest BCUT2D eigenvalue weighted by Crippen LogP contribution is -2.43. The molecule has 1 fully saturated rings. The summed E-state index contributed by atoms with van der Waals surface area (Å²) in [5.41, 5.74) is 4.38. The Labute approximate surface area is 154 Å². The Morgan fingerprint density at radius 1 is 1.11 bits per heavy atom. The summed E-state index contributed by atoms with van der Waals surface area (Å²) in [6, 6.07) is 7.37. The molecule has 0 spiro atoms. The number of nitrogens with one attached hydrogen (secondary N) is 2. The van der Waals surface area contributed by atoms with Gasteiger partial charge in [-0.25, -0.2) is 9.59 Å². The molecule has 0 bridgehead atoms. The zero-order chi connectivity index (χ0) is 18.8. The second-order valence-electron chi connectivity index (χ2n) is 6.66. The quantitative estimate of drug-likeness (QED) is 0.420. The molecule has 2 heterocycles. The highest BCUT2D eigenvalue weighted by molar-refractivity contribution is 5.88. The standard InChI is InChI=1S/C14H16N2.C4H6O6.H2O/c1-3-11-10-4-2-6-15-13(10)7-9-8-16-12(5-1)14(9)11;5-1(3(7)8)2(6)4(9)10;/h1,3,5,8,10,13,15-16H,2,4,6-7H2;1-2,5-6H,(H,7,8)(H,9,10);1H2/t10-,13-;;/m1../s1. The van der Waals surface area contributed by atoms with Gasteiger partial charge in [-0.05, 0) is 43.0 Å². The first-order valence-electron chi connectivity index (χ1n) is 8.54. The second kappa shape index (κ2) is 8.49. The Morgan fingerprint density at radius 3 is 2.41 bits per heavy atom. The summed E-state index contributed by atoms with van der Waals surface area (Å²) < 4.78 is 0. The van der Waals surface area contributed by atoms with Crippen LogP contribution in [0.3, 0.4) is 0 Å². The van der Waals surface area contributed by atoms with Crippen molar-refractivity contribution in [3.63, 3.8) is 0 Å². The predicted molar refractivity (Wildman–Crippen MR) is 96.7 cm³/mol. The summed E-state index contributed by atoms with van der Waals surface area (Å²) in [5, 5.41) is 37.7. The van der Waals surface area contributed by atoms with Gasteiger partial charge in [-0.1, -0.05) is 12.1 Å². The number of hydrogen-bond acceptors (Lipinski definition) is 5. The molecule has 1 saturated heterocycles. The summed E-state index contributed by atoms with van der Waals surface area (Å²) in [5.74, 6) is -2.80. The van der Waals surface area contributed by atoms with Crippen LogP contribution in [0, 0.1) is 0 Å². The fourth-order valence-electron chi connectivity index (χ4n) is 3.80. The third-order valence-corrected chi connectivity index (χ3v) is 5.05. The number of carboxylic acids is 2. The molecule has 4 rings (SSSR count). The topological polar surface area (TPSA) is 174 Å². The largest absolute Gasteiger partial charge is 0.479 e. The van der Waals surface area contributed by atoms with E-state index in [1.54, 1.807) is 5.56 Å². The Bertz CT molecular complexity index is 801. The van der Waals surface area contributed by atoms with Crippen molar-refractivity contribution in [3.8, 4) is 0 Å². The second-order valence-corrected chi connectivity index (χ2v) is 6.66. The van der Waals surface area contributed by atoms with Gasteiger partial charge in [0.1, 0.15) is 0 Å². The van der Waals surface area contributed by atoms with Crippen LogP contribution in [-0.4, -0.2) is 67.6 Å². The molecule has 1 aliphatic heterocycles. The van der Waals surface area contributed by atoms with Gasteiger partial charge in [0.15, 0.2) is 12.2 Å². The molecule has 9 heteroatoms. The molecule has 0 saturated carbocycles. The third kappa shape index (κ3) is 4.11. The van der Waals surface area contributed by atoms with E-state index in [4.69, 9.17) is 20.4 Å². The fraction of sp³-hybridized carbons (Fsp3) is 0.444. The Balaban J connectivity index is 0.000000211.